The number of hydrogen-bond donors (Lipinski definition) is 2. The van der Waals surface area contributed by atoms with Crippen LogP contribution in [0.4, 0.5) is 14.5 Å². The maximum Gasteiger partial charge on any atom is 0.248 e. The monoisotopic (exact) mass is 354 g/mol. The summed E-state index contributed by atoms with van der Waals surface area (Å²) in [6.45, 7) is 1.74. The molecule has 0 saturated heterocycles. The molecule has 6 heteroatoms. The highest BCUT2D eigenvalue weighted by atomic mass is 79.9. The summed E-state index contributed by atoms with van der Waals surface area (Å²) < 4.78 is 28.1. The van der Waals surface area contributed by atoms with Crippen LogP contribution in [-0.4, -0.2) is 5.91 Å². The molecular formula is C15H13BrF2N2O. The van der Waals surface area contributed by atoms with Crippen LogP contribution in [0.2, 0.25) is 0 Å². The number of hydrogen-bond acceptors (Lipinski definition) is 2. The van der Waals surface area contributed by atoms with Crippen LogP contribution in [0.25, 0.3) is 0 Å². The van der Waals surface area contributed by atoms with Crippen LogP contribution < -0.4 is 11.1 Å². The second-order valence-corrected chi connectivity index (χ2v) is 5.50. The molecule has 0 heterocycles. The van der Waals surface area contributed by atoms with Gasteiger partial charge in [-0.25, -0.2) is 8.78 Å². The maximum absolute atomic E-state index is 13.7. The first-order valence-electron chi connectivity index (χ1n) is 6.16. The lowest BCUT2D eigenvalue weighted by Crippen LogP contribution is -2.13. The van der Waals surface area contributed by atoms with Gasteiger partial charge < -0.3 is 11.1 Å². The van der Waals surface area contributed by atoms with E-state index in [-0.39, 0.29) is 17.9 Å². The summed E-state index contributed by atoms with van der Waals surface area (Å²) in [7, 11) is 0. The number of carbonyl (C=O) groups excluding carboxylic acids is 1. The standard InChI is InChI=1S/C15H13BrF2N2O/c1-8-12(17)4-10(15(19)21)5-14(8)20-7-9-2-3-11(16)6-13(9)18/h2-6,20H,7H2,1H3,(H2,19,21). The summed E-state index contributed by atoms with van der Waals surface area (Å²) in [6, 6.07) is 7.23. The van der Waals surface area contributed by atoms with Crippen molar-refractivity contribution in [1.29, 1.82) is 0 Å². The van der Waals surface area contributed by atoms with Gasteiger partial charge in [0.05, 0.1) is 0 Å². The van der Waals surface area contributed by atoms with Crippen LogP contribution in [0.5, 0.6) is 0 Å². The zero-order valence-electron chi connectivity index (χ0n) is 11.2. The van der Waals surface area contributed by atoms with E-state index in [1.165, 1.54) is 12.1 Å². The van der Waals surface area contributed by atoms with Crippen molar-refractivity contribution < 1.29 is 13.6 Å². The van der Waals surface area contributed by atoms with Crippen molar-refractivity contribution in [2.75, 3.05) is 5.32 Å². The molecule has 1 amide bonds. The van der Waals surface area contributed by atoms with Crippen molar-refractivity contribution in [3.63, 3.8) is 0 Å². The Kier molecular flexibility index (Phi) is 4.57. The van der Waals surface area contributed by atoms with E-state index in [0.29, 0.717) is 21.3 Å². The van der Waals surface area contributed by atoms with Gasteiger partial charge in [0.1, 0.15) is 11.6 Å². The van der Waals surface area contributed by atoms with Gasteiger partial charge in [-0.05, 0) is 31.2 Å². The van der Waals surface area contributed by atoms with Gasteiger partial charge in [0, 0.05) is 33.4 Å². The average molecular weight is 355 g/mol. The van der Waals surface area contributed by atoms with E-state index in [0.717, 1.165) is 6.07 Å². The van der Waals surface area contributed by atoms with Gasteiger partial charge in [-0.1, -0.05) is 22.0 Å². The second kappa shape index (κ2) is 6.22. The van der Waals surface area contributed by atoms with Gasteiger partial charge in [0.2, 0.25) is 5.91 Å². The maximum atomic E-state index is 13.7. The Morgan fingerprint density at radius 2 is 1.95 bits per heavy atom. The van der Waals surface area contributed by atoms with Gasteiger partial charge in [-0.15, -0.1) is 0 Å². The molecule has 0 unspecified atom stereocenters. The highest BCUT2D eigenvalue weighted by molar-refractivity contribution is 9.10. The van der Waals surface area contributed by atoms with E-state index >= 15 is 0 Å². The lowest BCUT2D eigenvalue weighted by atomic mass is 10.1. The van der Waals surface area contributed by atoms with Crippen LogP contribution >= 0.6 is 15.9 Å². The summed E-state index contributed by atoms with van der Waals surface area (Å²) in [5.41, 5.74) is 6.40. The van der Waals surface area contributed by atoms with Crippen LogP contribution in [0.3, 0.4) is 0 Å². The highest BCUT2D eigenvalue weighted by Crippen LogP contribution is 2.22. The minimum Gasteiger partial charge on any atom is -0.381 e. The summed E-state index contributed by atoms with van der Waals surface area (Å²) in [5.74, 6) is -1.63. The minimum atomic E-state index is -0.716. The van der Waals surface area contributed by atoms with Crippen molar-refractivity contribution in [1.82, 2.24) is 0 Å². The zero-order chi connectivity index (χ0) is 15.6. The summed E-state index contributed by atoms with van der Waals surface area (Å²) in [6.07, 6.45) is 0. The molecule has 0 aliphatic heterocycles. The molecule has 2 rings (SSSR count). The first-order chi connectivity index (χ1) is 9.88. The topological polar surface area (TPSA) is 55.1 Å². The van der Waals surface area contributed by atoms with Crippen LogP contribution in [0.15, 0.2) is 34.8 Å². The zero-order valence-corrected chi connectivity index (χ0v) is 12.8. The predicted molar refractivity (Wildman–Crippen MR) is 81.1 cm³/mol. The molecule has 0 bridgehead atoms. The van der Waals surface area contributed by atoms with E-state index in [2.05, 4.69) is 21.2 Å². The number of carbonyl (C=O) groups is 1. The van der Waals surface area contributed by atoms with Crippen molar-refractivity contribution >= 4 is 27.5 Å². The molecular weight excluding hydrogens is 342 g/mol. The second-order valence-electron chi connectivity index (χ2n) is 4.58. The Morgan fingerprint density at radius 1 is 1.24 bits per heavy atom. The smallest absolute Gasteiger partial charge is 0.248 e. The third kappa shape index (κ3) is 3.58. The molecule has 3 nitrogen and oxygen atoms in total. The molecule has 2 aromatic carbocycles. The summed E-state index contributed by atoms with van der Waals surface area (Å²) >= 11 is 3.18. The van der Waals surface area contributed by atoms with Crippen molar-refractivity contribution in [3.05, 3.63) is 63.1 Å². The first kappa shape index (κ1) is 15.4. The number of primary amides is 1. The minimum absolute atomic E-state index is 0.0666. The molecule has 0 fully saturated rings. The van der Waals surface area contributed by atoms with Crippen molar-refractivity contribution in [3.8, 4) is 0 Å². The van der Waals surface area contributed by atoms with Gasteiger partial charge in [0.15, 0.2) is 0 Å². The molecule has 0 atom stereocenters. The van der Waals surface area contributed by atoms with Crippen molar-refractivity contribution in [2.45, 2.75) is 13.5 Å². The predicted octanol–water partition coefficient (Wildman–Crippen LogP) is 3.75. The van der Waals surface area contributed by atoms with Gasteiger partial charge >= 0.3 is 0 Å². The van der Waals surface area contributed by atoms with Gasteiger partial charge in [-0.2, -0.15) is 0 Å². The normalized spacial score (nSPS) is 10.5. The van der Waals surface area contributed by atoms with Crippen LogP contribution in [0.1, 0.15) is 21.5 Å². The number of nitrogens with two attached hydrogens (primary N) is 1. The molecule has 0 spiro atoms. The first-order valence-corrected chi connectivity index (χ1v) is 6.95. The fourth-order valence-corrected chi connectivity index (χ4v) is 2.19. The summed E-state index contributed by atoms with van der Waals surface area (Å²) in [5, 5.41) is 2.92. The Balaban J connectivity index is 2.25. The quantitative estimate of drug-likeness (QED) is 0.878. The Bertz CT molecular complexity index is 704. The lowest BCUT2D eigenvalue weighted by molar-refractivity contribution is 0.1000. The molecule has 3 N–H and O–H groups in total. The third-order valence-corrected chi connectivity index (χ3v) is 3.61. The molecule has 0 radical (unpaired) electrons. The molecule has 21 heavy (non-hydrogen) atoms. The Labute approximate surface area is 129 Å². The summed E-state index contributed by atoms with van der Waals surface area (Å²) in [4.78, 5) is 11.1. The number of halogens is 3. The van der Waals surface area contributed by atoms with E-state index in [9.17, 15) is 13.6 Å². The Morgan fingerprint density at radius 3 is 2.57 bits per heavy atom. The Hall–Kier alpha value is -1.95. The fraction of sp³-hybridized carbons (Fsp3) is 0.133. The molecule has 2 aromatic rings. The third-order valence-electron chi connectivity index (χ3n) is 3.11. The number of anilines is 1. The highest BCUT2D eigenvalue weighted by Gasteiger charge is 2.11. The molecule has 0 saturated carbocycles. The van der Waals surface area contributed by atoms with Crippen LogP contribution in [-0.2, 0) is 6.54 Å². The number of benzene rings is 2. The van der Waals surface area contributed by atoms with E-state index in [4.69, 9.17) is 5.73 Å². The van der Waals surface area contributed by atoms with E-state index in [1.807, 2.05) is 0 Å². The number of amides is 1. The van der Waals surface area contributed by atoms with Crippen molar-refractivity contribution in [2.24, 2.45) is 5.73 Å². The molecule has 0 aliphatic carbocycles. The largest absolute Gasteiger partial charge is 0.381 e. The van der Waals surface area contributed by atoms with Gasteiger partial charge in [-0.3, -0.25) is 4.79 Å². The SMILES string of the molecule is Cc1c(F)cc(C(N)=O)cc1NCc1ccc(Br)cc1F. The number of rotatable bonds is 4. The lowest BCUT2D eigenvalue weighted by Gasteiger charge is -2.12. The molecule has 0 aliphatic rings. The van der Waals surface area contributed by atoms with E-state index < -0.39 is 11.7 Å². The molecule has 110 valence electrons. The van der Waals surface area contributed by atoms with Gasteiger partial charge in [0.25, 0.3) is 0 Å². The average Bonchev–Trinajstić information content (AvgIpc) is 2.41. The molecule has 0 aromatic heterocycles. The van der Waals surface area contributed by atoms with E-state index in [1.54, 1.807) is 19.1 Å². The number of nitrogens with one attached hydrogen (secondary N) is 1. The fourth-order valence-electron chi connectivity index (χ4n) is 1.86. The van der Waals surface area contributed by atoms with Crippen LogP contribution in [0, 0.1) is 18.6 Å².